The minimum Gasteiger partial charge on any atom is -0.481 e. The molecule has 0 saturated heterocycles. The van der Waals surface area contributed by atoms with Gasteiger partial charge in [-0.2, -0.15) is 0 Å². The minimum atomic E-state index is -0.879. The predicted octanol–water partition coefficient (Wildman–Crippen LogP) is 9.12. The van der Waals surface area contributed by atoms with E-state index in [4.69, 9.17) is 4.74 Å². The van der Waals surface area contributed by atoms with Gasteiger partial charge in [0.2, 0.25) is 5.91 Å². The first-order valence-corrected chi connectivity index (χ1v) is 19.1. The zero-order valence-corrected chi connectivity index (χ0v) is 30.9. The number of fused-ring (bicyclic) bond motifs is 7. The standard InChI is InChI=1S/C41H65NO5/c1-25(2)27-14-19-41(22-32(43)42-26-10-11-26)21-20-39(8)28(35(27)41)12-13-30-38(7)17-16-31(37(5,6)29(38)15-18-40(30,39)9)47-34(46)24-36(3,4)23-33(44)45/h26-31,35H,1,10-24H2,2-9H3,(H,42,43)(H,44,45)/t27-,28+,29?,30?,31?,35?,38-,39+,40+,41+/m0/s1. The smallest absolute Gasteiger partial charge is 0.306 e. The van der Waals surface area contributed by atoms with Crippen molar-refractivity contribution in [1.82, 2.24) is 5.32 Å². The van der Waals surface area contributed by atoms with Gasteiger partial charge in [0.1, 0.15) is 6.10 Å². The summed E-state index contributed by atoms with van der Waals surface area (Å²) < 4.78 is 6.26. The lowest BCUT2D eigenvalue weighted by molar-refractivity contribution is -0.250. The fourth-order valence-corrected chi connectivity index (χ4v) is 13.7. The summed E-state index contributed by atoms with van der Waals surface area (Å²) >= 11 is 0. The first-order chi connectivity index (χ1) is 21.8. The van der Waals surface area contributed by atoms with Crippen molar-refractivity contribution >= 4 is 17.8 Å². The van der Waals surface area contributed by atoms with Crippen LogP contribution in [0, 0.1) is 62.1 Å². The van der Waals surface area contributed by atoms with E-state index in [1.165, 1.54) is 44.1 Å². The van der Waals surface area contributed by atoms with Crippen LogP contribution >= 0.6 is 0 Å². The van der Waals surface area contributed by atoms with Crippen LogP contribution in [0.15, 0.2) is 12.2 Å². The van der Waals surface area contributed by atoms with Crippen LogP contribution in [0.2, 0.25) is 0 Å². The lowest BCUT2D eigenvalue weighted by Crippen LogP contribution is -2.67. The third-order valence-corrected chi connectivity index (χ3v) is 16.2. The van der Waals surface area contributed by atoms with E-state index < -0.39 is 11.4 Å². The Hall–Kier alpha value is -1.85. The molecule has 6 heteroatoms. The number of esters is 1. The van der Waals surface area contributed by atoms with E-state index in [2.05, 4.69) is 53.4 Å². The van der Waals surface area contributed by atoms with E-state index in [0.29, 0.717) is 48.0 Å². The number of carboxylic acids is 1. The van der Waals surface area contributed by atoms with Crippen LogP contribution in [0.5, 0.6) is 0 Å². The monoisotopic (exact) mass is 651 g/mol. The molecule has 0 aromatic heterocycles. The molecule has 6 rings (SSSR count). The van der Waals surface area contributed by atoms with Gasteiger partial charge in [-0.1, -0.05) is 60.6 Å². The molecule has 1 amide bonds. The van der Waals surface area contributed by atoms with Crippen molar-refractivity contribution in [2.45, 2.75) is 164 Å². The number of rotatable bonds is 9. The van der Waals surface area contributed by atoms with E-state index in [0.717, 1.165) is 38.5 Å². The molecule has 6 aliphatic rings. The molecule has 264 valence electrons. The number of allylic oxidation sites excluding steroid dienone is 1. The number of aliphatic carboxylic acids is 1. The molecule has 0 heterocycles. The normalized spacial score (nSPS) is 43.8. The van der Waals surface area contributed by atoms with Gasteiger partial charge in [-0.15, -0.1) is 0 Å². The molecule has 47 heavy (non-hydrogen) atoms. The topological polar surface area (TPSA) is 92.7 Å². The van der Waals surface area contributed by atoms with Crippen molar-refractivity contribution in [3.63, 3.8) is 0 Å². The van der Waals surface area contributed by atoms with Crippen molar-refractivity contribution in [3.05, 3.63) is 12.2 Å². The van der Waals surface area contributed by atoms with E-state index in [9.17, 15) is 19.5 Å². The maximum atomic E-state index is 13.4. The molecule has 0 aromatic rings. The molecule has 6 nitrogen and oxygen atoms in total. The van der Waals surface area contributed by atoms with Crippen LogP contribution in [0.25, 0.3) is 0 Å². The van der Waals surface area contributed by atoms with Gasteiger partial charge >= 0.3 is 11.9 Å². The Morgan fingerprint density at radius 3 is 2.17 bits per heavy atom. The van der Waals surface area contributed by atoms with Gasteiger partial charge in [0, 0.05) is 17.9 Å². The van der Waals surface area contributed by atoms with Crippen LogP contribution in [-0.2, 0) is 19.1 Å². The summed E-state index contributed by atoms with van der Waals surface area (Å²) in [5.41, 5.74) is 1.30. The summed E-state index contributed by atoms with van der Waals surface area (Å²) in [6, 6.07) is 0.418. The van der Waals surface area contributed by atoms with Gasteiger partial charge in [0.15, 0.2) is 0 Å². The molecule has 6 fully saturated rings. The first kappa shape index (κ1) is 35.0. The van der Waals surface area contributed by atoms with Gasteiger partial charge in [-0.25, -0.2) is 0 Å². The van der Waals surface area contributed by atoms with E-state index in [1.54, 1.807) is 0 Å². The molecule has 2 N–H and O–H groups in total. The summed E-state index contributed by atoms with van der Waals surface area (Å²) in [6.45, 7) is 23.0. The Kier molecular flexibility index (Phi) is 8.64. The second-order valence-electron chi connectivity index (χ2n) is 19.8. The number of carbonyl (C=O) groups is 3. The van der Waals surface area contributed by atoms with E-state index >= 15 is 0 Å². The van der Waals surface area contributed by atoms with Gasteiger partial charge in [-0.3, -0.25) is 14.4 Å². The summed E-state index contributed by atoms with van der Waals surface area (Å²) in [4.78, 5) is 37.9. The van der Waals surface area contributed by atoms with Crippen molar-refractivity contribution in [2.24, 2.45) is 62.1 Å². The highest BCUT2D eigenvalue weighted by molar-refractivity contribution is 5.77. The van der Waals surface area contributed by atoms with Crippen molar-refractivity contribution < 1.29 is 24.2 Å². The highest BCUT2D eigenvalue weighted by atomic mass is 16.5. The summed E-state index contributed by atoms with van der Waals surface area (Å²) in [5.74, 6) is 1.93. The molecule has 0 radical (unpaired) electrons. The third-order valence-electron chi connectivity index (χ3n) is 16.2. The zero-order valence-electron chi connectivity index (χ0n) is 30.9. The summed E-state index contributed by atoms with van der Waals surface area (Å²) in [7, 11) is 0. The number of amides is 1. The van der Waals surface area contributed by atoms with E-state index in [1.807, 2.05) is 13.8 Å². The number of hydrogen-bond donors (Lipinski definition) is 2. The fraction of sp³-hybridized carbons (Fsp3) is 0.878. The lowest BCUT2D eigenvalue weighted by atomic mass is 9.32. The summed E-state index contributed by atoms with van der Waals surface area (Å²) in [5, 5.41) is 12.7. The van der Waals surface area contributed by atoms with Gasteiger partial charge < -0.3 is 15.2 Å². The highest BCUT2D eigenvalue weighted by Gasteiger charge is 2.71. The number of nitrogens with one attached hydrogen (secondary N) is 1. The Balaban J connectivity index is 1.23. The van der Waals surface area contributed by atoms with E-state index in [-0.39, 0.29) is 52.0 Å². The number of ether oxygens (including phenoxy) is 1. The summed E-state index contributed by atoms with van der Waals surface area (Å²) in [6.07, 6.45) is 14.5. The average molecular weight is 652 g/mol. The number of carboxylic acid groups (broad SMARTS) is 1. The fourth-order valence-electron chi connectivity index (χ4n) is 13.7. The average Bonchev–Trinajstić information content (AvgIpc) is 3.66. The molecule has 4 unspecified atom stereocenters. The Labute approximate surface area is 285 Å². The molecule has 0 aliphatic heterocycles. The second-order valence-corrected chi connectivity index (χ2v) is 19.8. The van der Waals surface area contributed by atoms with Crippen LogP contribution in [0.3, 0.4) is 0 Å². The van der Waals surface area contributed by atoms with Gasteiger partial charge in [-0.05, 0) is 141 Å². The Bertz CT molecular complexity index is 1300. The molecule has 10 atom stereocenters. The quantitative estimate of drug-likeness (QED) is 0.192. The van der Waals surface area contributed by atoms with Crippen LogP contribution in [-0.4, -0.2) is 35.1 Å². The molecule has 0 spiro atoms. The van der Waals surface area contributed by atoms with Crippen molar-refractivity contribution in [3.8, 4) is 0 Å². The lowest BCUT2D eigenvalue weighted by Gasteiger charge is -2.73. The molecular formula is C41H65NO5. The van der Waals surface area contributed by atoms with Crippen molar-refractivity contribution in [1.29, 1.82) is 0 Å². The largest absolute Gasteiger partial charge is 0.481 e. The third kappa shape index (κ3) is 5.72. The van der Waals surface area contributed by atoms with Crippen LogP contribution in [0.4, 0.5) is 0 Å². The molecule has 6 aliphatic carbocycles. The Morgan fingerprint density at radius 2 is 1.53 bits per heavy atom. The first-order valence-electron chi connectivity index (χ1n) is 19.1. The van der Waals surface area contributed by atoms with Gasteiger partial charge in [0.05, 0.1) is 12.8 Å². The highest BCUT2D eigenvalue weighted by Crippen LogP contribution is 2.78. The SMILES string of the molecule is C=C(C)[C@@H]1CC[C@]2(CC(=O)NC3CC3)CC[C@]3(C)[C@H](CCC4[C@@]5(C)CCC(OC(=O)CC(C)(C)CC(=O)O)C(C)(C)C5CC[C@]43C)C12. The Morgan fingerprint density at radius 1 is 0.830 bits per heavy atom. The molecular weight excluding hydrogens is 586 g/mol. The molecule has 0 bridgehead atoms. The maximum absolute atomic E-state index is 13.4. The van der Waals surface area contributed by atoms with Crippen LogP contribution in [0.1, 0.15) is 152 Å². The second kappa shape index (κ2) is 11.6. The maximum Gasteiger partial charge on any atom is 0.306 e. The zero-order chi connectivity index (χ0) is 34.4. The molecule has 6 saturated carbocycles. The van der Waals surface area contributed by atoms with Gasteiger partial charge in [0.25, 0.3) is 0 Å². The number of carbonyl (C=O) groups excluding carboxylic acids is 2. The van der Waals surface area contributed by atoms with Crippen LogP contribution < -0.4 is 5.32 Å². The predicted molar refractivity (Wildman–Crippen MR) is 185 cm³/mol. The minimum absolute atomic E-state index is 0.0420. The van der Waals surface area contributed by atoms with Crippen molar-refractivity contribution in [2.75, 3.05) is 0 Å². The molecule has 0 aromatic carbocycles. The number of hydrogen-bond acceptors (Lipinski definition) is 4.